The van der Waals surface area contributed by atoms with Gasteiger partial charge in [0.15, 0.2) is 17.3 Å². The van der Waals surface area contributed by atoms with Crippen molar-refractivity contribution >= 4 is 23.6 Å². The molecular formula is C37H50O13. The Morgan fingerprint density at radius 1 is 1.06 bits per heavy atom. The summed E-state index contributed by atoms with van der Waals surface area (Å²) >= 11 is 0. The third-order valence-corrected chi connectivity index (χ3v) is 12.2. The van der Waals surface area contributed by atoms with Gasteiger partial charge < -0.3 is 50.0 Å². The van der Waals surface area contributed by atoms with Gasteiger partial charge in [0.25, 0.3) is 0 Å². The molecule has 0 aromatic heterocycles. The van der Waals surface area contributed by atoms with Crippen LogP contribution in [0.25, 0.3) is 6.08 Å². The van der Waals surface area contributed by atoms with Crippen molar-refractivity contribution < 1.29 is 64.3 Å². The highest BCUT2D eigenvalue weighted by molar-refractivity contribution is 5.98. The van der Waals surface area contributed by atoms with Gasteiger partial charge in [-0.05, 0) is 87.1 Å². The number of carbonyl (C=O) groups excluding carboxylic acids is 3. The zero-order chi connectivity index (χ0) is 37.5. The Kier molecular flexibility index (Phi) is 9.52. The summed E-state index contributed by atoms with van der Waals surface area (Å²) in [7, 11) is 0. The number of allylic oxidation sites excluding steroid dienone is 1. The Hall–Kier alpha value is -3.17. The molecule has 1 aliphatic heterocycles. The van der Waals surface area contributed by atoms with Crippen LogP contribution in [0.3, 0.4) is 0 Å². The number of aliphatic hydroxyl groups excluding tert-OH is 5. The molecule has 3 fully saturated rings. The van der Waals surface area contributed by atoms with E-state index in [1.807, 2.05) is 19.9 Å². The number of phenols is 1. The van der Waals surface area contributed by atoms with E-state index in [-0.39, 0.29) is 30.1 Å². The highest BCUT2D eigenvalue weighted by Gasteiger charge is 2.73. The second-order valence-corrected chi connectivity index (χ2v) is 15.9. The molecular weight excluding hydrogens is 652 g/mol. The lowest BCUT2D eigenvalue weighted by atomic mass is 9.42. The van der Waals surface area contributed by atoms with E-state index in [1.54, 1.807) is 33.8 Å². The Morgan fingerprint density at radius 3 is 2.30 bits per heavy atom. The summed E-state index contributed by atoms with van der Waals surface area (Å²) < 4.78 is 16.6. The minimum atomic E-state index is -2.10. The van der Waals surface area contributed by atoms with Crippen LogP contribution in [0.15, 0.2) is 24.3 Å². The molecule has 50 heavy (non-hydrogen) atoms. The molecule has 13 heteroatoms. The molecule has 7 N–H and O–H groups in total. The van der Waals surface area contributed by atoms with Crippen molar-refractivity contribution in [1.29, 1.82) is 0 Å². The van der Waals surface area contributed by atoms with Gasteiger partial charge >= 0.3 is 5.97 Å². The van der Waals surface area contributed by atoms with Crippen molar-refractivity contribution in [2.24, 2.45) is 22.7 Å². The second-order valence-electron chi connectivity index (χ2n) is 15.9. The molecule has 1 heterocycles. The molecule has 0 amide bonds. The molecule has 1 aromatic carbocycles. The van der Waals surface area contributed by atoms with Crippen molar-refractivity contribution in [2.75, 3.05) is 6.61 Å². The topological polar surface area (TPSA) is 221 Å². The Morgan fingerprint density at radius 2 is 1.70 bits per heavy atom. The first-order valence-electron chi connectivity index (χ1n) is 16.9. The van der Waals surface area contributed by atoms with Gasteiger partial charge in [-0.15, -0.1) is 0 Å². The van der Waals surface area contributed by atoms with Gasteiger partial charge in [0.1, 0.15) is 41.4 Å². The lowest BCUT2D eigenvalue weighted by Gasteiger charge is -2.60. The van der Waals surface area contributed by atoms with E-state index in [4.69, 9.17) is 14.2 Å². The van der Waals surface area contributed by atoms with E-state index in [2.05, 4.69) is 0 Å². The van der Waals surface area contributed by atoms with Crippen LogP contribution in [0.5, 0.6) is 11.5 Å². The Bertz CT molecular complexity index is 1630. The number of hydrogen-bond acceptors (Lipinski definition) is 13. The average molecular weight is 703 g/mol. The second kappa shape index (κ2) is 12.5. The van der Waals surface area contributed by atoms with Crippen LogP contribution in [-0.2, 0) is 29.3 Å². The average Bonchev–Trinajstić information content (AvgIpc) is 3.22. The lowest BCUT2D eigenvalue weighted by Crippen LogP contribution is -2.62. The molecule has 1 aromatic rings. The normalized spacial score (nSPS) is 39.4. The smallest absolute Gasteiger partial charge is 0.303 e. The number of aliphatic hydroxyl groups is 6. The number of rotatable bonds is 8. The van der Waals surface area contributed by atoms with Crippen molar-refractivity contribution in [1.82, 2.24) is 0 Å². The molecule has 4 aliphatic rings. The number of carbonyl (C=O) groups is 3. The Labute approximate surface area is 291 Å². The van der Waals surface area contributed by atoms with Gasteiger partial charge in [-0.25, -0.2) is 0 Å². The maximum Gasteiger partial charge on any atom is 0.303 e. The van der Waals surface area contributed by atoms with E-state index >= 15 is 0 Å². The molecule has 0 bridgehead atoms. The number of ketones is 2. The Balaban J connectivity index is 1.53. The monoisotopic (exact) mass is 702 g/mol. The quantitative estimate of drug-likeness (QED) is 0.151. The largest absolute Gasteiger partial charge is 0.504 e. The molecule has 13 nitrogen and oxygen atoms in total. The molecule has 2 saturated carbocycles. The van der Waals surface area contributed by atoms with E-state index < -0.39 is 94.5 Å². The van der Waals surface area contributed by atoms with E-state index in [9.17, 15) is 50.1 Å². The summed E-state index contributed by atoms with van der Waals surface area (Å²) in [4.78, 5) is 39.8. The fourth-order valence-electron chi connectivity index (χ4n) is 9.42. The van der Waals surface area contributed by atoms with E-state index in [0.717, 1.165) is 6.08 Å². The number of benzene rings is 1. The van der Waals surface area contributed by atoms with Crippen molar-refractivity contribution in [3.63, 3.8) is 0 Å². The molecule has 0 unspecified atom stereocenters. The van der Waals surface area contributed by atoms with Crippen molar-refractivity contribution in [2.45, 2.75) is 122 Å². The van der Waals surface area contributed by atoms with E-state index in [0.29, 0.717) is 16.7 Å². The van der Waals surface area contributed by atoms with Gasteiger partial charge in [0.2, 0.25) is 6.29 Å². The maximum atomic E-state index is 14.6. The van der Waals surface area contributed by atoms with E-state index in [1.165, 1.54) is 26.0 Å². The summed E-state index contributed by atoms with van der Waals surface area (Å²) in [6.45, 7) is 12.3. The number of phenolic OH excluding ortho intramolecular Hbond substituents is 1. The third-order valence-electron chi connectivity index (χ3n) is 12.2. The maximum absolute atomic E-state index is 14.6. The van der Waals surface area contributed by atoms with Gasteiger partial charge in [0.05, 0.1) is 18.1 Å². The predicted molar refractivity (Wildman–Crippen MR) is 178 cm³/mol. The summed E-state index contributed by atoms with van der Waals surface area (Å²) in [6.07, 6.45) is -2.83. The zero-order valence-corrected chi connectivity index (χ0v) is 29.7. The minimum Gasteiger partial charge on any atom is -0.504 e. The highest BCUT2D eigenvalue weighted by atomic mass is 16.7. The number of hydrogen-bond donors (Lipinski definition) is 7. The van der Waals surface area contributed by atoms with Crippen LogP contribution in [-0.4, -0.2) is 108 Å². The zero-order valence-electron chi connectivity index (χ0n) is 29.7. The molecule has 3 aliphatic carbocycles. The summed E-state index contributed by atoms with van der Waals surface area (Å²) in [5.41, 5.74) is -4.95. The number of fused-ring (bicyclic) bond motifs is 5. The fourth-order valence-corrected chi connectivity index (χ4v) is 9.42. The van der Waals surface area contributed by atoms with Gasteiger partial charge in [-0.3, -0.25) is 14.4 Å². The molecule has 0 radical (unpaired) electrons. The van der Waals surface area contributed by atoms with Crippen LogP contribution >= 0.6 is 0 Å². The lowest BCUT2D eigenvalue weighted by molar-refractivity contribution is -0.277. The highest BCUT2D eigenvalue weighted by Crippen LogP contribution is 2.71. The summed E-state index contributed by atoms with van der Waals surface area (Å²) in [6, 6.07) is 1.48. The first kappa shape index (κ1) is 38.1. The fraction of sp³-hybridized carbons (Fsp3) is 0.649. The minimum absolute atomic E-state index is 0.111. The molecule has 0 spiro atoms. The third kappa shape index (κ3) is 5.62. The molecule has 276 valence electrons. The molecule has 1 saturated heterocycles. The predicted octanol–water partition coefficient (Wildman–Crippen LogP) is 1.36. The van der Waals surface area contributed by atoms with Crippen molar-refractivity contribution in [3.05, 3.63) is 41.0 Å². The van der Waals surface area contributed by atoms with Crippen LogP contribution < -0.4 is 4.74 Å². The molecule has 12 atom stereocenters. The summed E-state index contributed by atoms with van der Waals surface area (Å²) in [5, 5.41) is 75.5. The van der Waals surface area contributed by atoms with Gasteiger partial charge in [-0.1, -0.05) is 26.0 Å². The standard InChI is InChI=1S/C37H50O13/c1-17-19-9-10-24-34(5)14-21(40)31(37(8,47)25(41)11-12-33(3,4)50-18(2)39)35(34,6)15-26(42)36(24,7)20(19)13-22(27(17)43)48-32-30(46)29(45)28(44)23(16-38)49-32/h9-13,21,23-24,28-32,38,40,43-47H,14-16H2,1-8H3/t21-,23-,24+,28-,29+,30-,31+,32-,34+,35-,36+,37+/m1/s1. The van der Waals surface area contributed by atoms with Crippen molar-refractivity contribution in [3.8, 4) is 11.5 Å². The number of ether oxygens (including phenoxy) is 3. The van der Waals surface area contributed by atoms with Crippen LogP contribution in [0.1, 0.15) is 78.0 Å². The number of Topliss-reactive ketones (excluding diaryl/α,β-unsaturated/α-hetero) is 1. The SMILES string of the molecule is CC(=O)OC(C)(C)C=CC(=O)[C@](C)(O)[C@H]1[C@H](O)C[C@@]2(C)[C@@H]3C=Cc4c(cc(O[C@@H]5O[C@H](CO)[C@@H](O)[C@H](O)[C@H]5O)c(O)c4C)[C@]3(C)C(=O)C[C@]12C. The van der Waals surface area contributed by atoms with Crippen LogP contribution in [0, 0.1) is 29.6 Å². The first-order chi connectivity index (χ1) is 23.0. The molecule has 5 rings (SSSR count). The van der Waals surface area contributed by atoms with Crippen LogP contribution in [0.2, 0.25) is 0 Å². The summed E-state index contributed by atoms with van der Waals surface area (Å²) in [5.74, 6) is -3.55. The van der Waals surface area contributed by atoms with Gasteiger partial charge in [-0.2, -0.15) is 0 Å². The number of esters is 1. The van der Waals surface area contributed by atoms with Gasteiger partial charge in [0, 0.05) is 24.8 Å². The van der Waals surface area contributed by atoms with Crippen LogP contribution in [0.4, 0.5) is 0 Å². The number of aromatic hydroxyl groups is 1. The first-order valence-corrected chi connectivity index (χ1v) is 16.9.